The summed E-state index contributed by atoms with van der Waals surface area (Å²) in [4.78, 5) is 30.2. The van der Waals surface area contributed by atoms with Crippen molar-refractivity contribution in [2.45, 2.75) is 50.6 Å². The van der Waals surface area contributed by atoms with Gasteiger partial charge in [0.25, 0.3) is 5.91 Å². The van der Waals surface area contributed by atoms with Crippen molar-refractivity contribution in [2.24, 2.45) is 0 Å². The number of methoxy groups -OCH3 is 1. The minimum atomic E-state index is -0.986. The molecule has 0 radical (unpaired) electrons. The second kappa shape index (κ2) is 9.10. The molecule has 2 aromatic rings. The van der Waals surface area contributed by atoms with E-state index in [1.165, 1.54) is 10.5 Å². The lowest BCUT2D eigenvalue weighted by molar-refractivity contribution is -0.133. The summed E-state index contributed by atoms with van der Waals surface area (Å²) in [5.74, 6) is 0.664. The van der Waals surface area contributed by atoms with Crippen molar-refractivity contribution in [2.75, 3.05) is 20.3 Å². The van der Waals surface area contributed by atoms with Gasteiger partial charge in [0.1, 0.15) is 11.3 Å². The highest BCUT2D eigenvalue weighted by molar-refractivity contribution is 6.07. The van der Waals surface area contributed by atoms with Crippen LogP contribution < -0.4 is 10.1 Å². The van der Waals surface area contributed by atoms with Gasteiger partial charge in [-0.05, 0) is 42.5 Å². The number of amides is 3. The molecule has 2 aliphatic rings. The average molecular weight is 422 g/mol. The summed E-state index contributed by atoms with van der Waals surface area (Å²) in [5.41, 5.74) is 1.04. The first kappa shape index (κ1) is 21.4. The first-order valence-corrected chi connectivity index (χ1v) is 11.2. The van der Waals surface area contributed by atoms with Gasteiger partial charge < -0.3 is 10.1 Å². The van der Waals surface area contributed by atoms with Crippen LogP contribution >= 0.6 is 0 Å². The summed E-state index contributed by atoms with van der Waals surface area (Å²) in [6.45, 7) is 3.11. The molecule has 2 aromatic carbocycles. The molecule has 1 N–H and O–H groups in total. The van der Waals surface area contributed by atoms with Crippen LogP contribution in [0.5, 0.6) is 5.75 Å². The molecule has 0 aromatic heterocycles. The second-order valence-electron chi connectivity index (χ2n) is 8.38. The Morgan fingerprint density at radius 2 is 1.77 bits per heavy atom. The Morgan fingerprint density at radius 1 is 1.03 bits per heavy atom. The Bertz CT molecular complexity index is 915. The minimum Gasteiger partial charge on any atom is -0.497 e. The fourth-order valence-electron chi connectivity index (χ4n) is 4.84. The Kier molecular flexibility index (Phi) is 6.28. The van der Waals surface area contributed by atoms with Crippen LogP contribution in [0.1, 0.15) is 56.2 Å². The first-order chi connectivity index (χ1) is 15.1. The molecule has 3 amide bonds. The van der Waals surface area contributed by atoms with E-state index in [4.69, 9.17) is 4.74 Å². The molecule has 2 fully saturated rings. The van der Waals surface area contributed by atoms with Crippen molar-refractivity contribution in [1.29, 1.82) is 0 Å². The summed E-state index contributed by atoms with van der Waals surface area (Å²) in [5, 5.41) is 3.00. The quantitative estimate of drug-likeness (QED) is 0.701. The number of rotatable bonds is 6. The zero-order valence-corrected chi connectivity index (χ0v) is 18.3. The van der Waals surface area contributed by atoms with Crippen LogP contribution in [-0.2, 0) is 10.3 Å². The highest BCUT2D eigenvalue weighted by Gasteiger charge is 2.51. The summed E-state index contributed by atoms with van der Waals surface area (Å²) >= 11 is 0. The Hall–Kier alpha value is -2.86. The molecule has 0 bridgehead atoms. The third-order valence-corrected chi connectivity index (χ3v) is 6.66. The lowest BCUT2D eigenvalue weighted by Crippen LogP contribution is -2.46. The molecule has 0 saturated carbocycles. The van der Waals surface area contributed by atoms with Gasteiger partial charge in [0.2, 0.25) is 0 Å². The summed E-state index contributed by atoms with van der Waals surface area (Å²) < 4.78 is 5.30. The maximum Gasteiger partial charge on any atom is 0.326 e. The van der Waals surface area contributed by atoms with E-state index in [0.717, 1.165) is 43.5 Å². The number of nitrogens with zero attached hydrogens (tertiary/aromatic N) is 2. The Balaban J connectivity index is 1.59. The highest BCUT2D eigenvalue weighted by Crippen LogP contribution is 2.35. The number of carbonyl (C=O) groups excluding carboxylic acids is 2. The van der Waals surface area contributed by atoms with Gasteiger partial charge in [0.05, 0.1) is 13.8 Å². The number of benzene rings is 2. The average Bonchev–Trinajstić information content (AvgIpc) is 2.95. The third kappa shape index (κ3) is 4.04. The zero-order chi connectivity index (χ0) is 21.8. The highest BCUT2D eigenvalue weighted by atomic mass is 16.5. The molecule has 164 valence electrons. The standard InChI is InChI=1S/C25H31N3O3/c1-3-25(20-10-6-4-7-11-20)23(29)28(24(30)26-25)18-27-17-9-5-8-12-22(27)19-13-15-21(31-2)16-14-19/h4,6-7,10-11,13-16,22H,3,5,8-9,12,17-18H2,1-2H3,(H,26,30)/t22-,25+/m1/s1. The van der Waals surface area contributed by atoms with E-state index in [1.54, 1.807) is 7.11 Å². The van der Waals surface area contributed by atoms with E-state index in [2.05, 4.69) is 22.3 Å². The van der Waals surface area contributed by atoms with Crippen molar-refractivity contribution < 1.29 is 14.3 Å². The number of hydrogen-bond acceptors (Lipinski definition) is 4. The Labute approximate surface area is 184 Å². The molecule has 4 rings (SSSR count). The molecule has 2 aliphatic heterocycles. The van der Waals surface area contributed by atoms with E-state index < -0.39 is 5.54 Å². The predicted molar refractivity (Wildman–Crippen MR) is 120 cm³/mol. The van der Waals surface area contributed by atoms with E-state index in [1.807, 2.05) is 49.4 Å². The summed E-state index contributed by atoms with van der Waals surface area (Å²) in [6, 6.07) is 17.6. The first-order valence-electron chi connectivity index (χ1n) is 11.2. The molecule has 31 heavy (non-hydrogen) atoms. The molecule has 0 aliphatic carbocycles. The molecule has 0 spiro atoms. The third-order valence-electron chi connectivity index (χ3n) is 6.66. The molecular weight excluding hydrogens is 390 g/mol. The van der Waals surface area contributed by atoms with Crippen molar-refractivity contribution >= 4 is 11.9 Å². The number of urea groups is 1. The molecule has 6 heteroatoms. The van der Waals surface area contributed by atoms with Crippen LogP contribution in [-0.4, -0.2) is 42.1 Å². The van der Waals surface area contributed by atoms with Gasteiger partial charge in [-0.15, -0.1) is 0 Å². The van der Waals surface area contributed by atoms with E-state index in [9.17, 15) is 9.59 Å². The molecule has 0 unspecified atom stereocenters. The van der Waals surface area contributed by atoms with Crippen molar-refractivity contribution in [3.63, 3.8) is 0 Å². The molecule has 2 atom stereocenters. The molecule has 2 saturated heterocycles. The SMILES string of the molecule is CC[C@@]1(c2ccccc2)NC(=O)N(CN2CCCCC[C@@H]2c2ccc(OC)cc2)C1=O. The normalized spacial score (nSPS) is 24.7. The number of nitrogens with one attached hydrogen (secondary N) is 1. The number of imide groups is 1. The number of hydrogen-bond donors (Lipinski definition) is 1. The molecular formula is C25H31N3O3. The van der Waals surface area contributed by atoms with Crippen LogP contribution in [0.4, 0.5) is 4.79 Å². The van der Waals surface area contributed by atoms with Gasteiger partial charge in [-0.25, -0.2) is 9.69 Å². The van der Waals surface area contributed by atoms with Gasteiger partial charge in [-0.1, -0.05) is 62.2 Å². The van der Waals surface area contributed by atoms with Crippen LogP contribution in [0.3, 0.4) is 0 Å². The summed E-state index contributed by atoms with van der Waals surface area (Å²) in [7, 11) is 1.66. The largest absolute Gasteiger partial charge is 0.497 e. The van der Waals surface area contributed by atoms with Crippen molar-refractivity contribution in [3.05, 3.63) is 65.7 Å². The fraction of sp³-hybridized carbons (Fsp3) is 0.440. The van der Waals surface area contributed by atoms with Crippen LogP contribution in [0.15, 0.2) is 54.6 Å². The molecule has 6 nitrogen and oxygen atoms in total. The number of likely N-dealkylation sites (tertiary alicyclic amines) is 1. The van der Waals surface area contributed by atoms with E-state index in [0.29, 0.717) is 13.1 Å². The lowest BCUT2D eigenvalue weighted by Gasteiger charge is -2.33. The lowest BCUT2D eigenvalue weighted by atomic mass is 9.87. The van der Waals surface area contributed by atoms with Gasteiger partial charge >= 0.3 is 6.03 Å². The smallest absolute Gasteiger partial charge is 0.326 e. The maximum atomic E-state index is 13.6. The van der Waals surface area contributed by atoms with E-state index in [-0.39, 0.29) is 18.0 Å². The van der Waals surface area contributed by atoms with Crippen LogP contribution in [0.2, 0.25) is 0 Å². The minimum absolute atomic E-state index is 0.163. The second-order valence-corrected chi connectivity index (χ2v) is 8.38. The fourth-order valence-corrected chi connectivity index (χ4v) is 4.84. The number of ether oxygens (including phenoxy) is 1. The van der Waals surface area contributed by atoms with Crippen molar-refractivity contribution in [3.8, 4) is 5.75 Å². The number of carbonyl (C=O) groups is 2. The summed E-state index contributed by atoms with van der Waals surface area (Å²) in [6.07, 6.45) is 4.88. The van der Waals surface area contributed by atoms with Gasteiger partial charge in [0, 0.05) is 12.6 Å². The van der Waals surface area contributed by atoms with Gasteiger partial charge in [-0.2, -0.15) is 0 Å². The monoisotopic (exact) mass is 421 g/mol. The van der Waals surface area contributed by atoms with Crippen LogP contribution in [0.25, 0.3) is 0 Å². The van der Waals surface area contributed by atoms with Gasteiger partial charge in [-0.3, -0.25) is 9.69 Å². The topological polar surface area (TPSA) is 61.9 Å². The molecule has 2 heterocycles. The Morgan fingerprint density at radius 3 is 2.45 bits per heavy atom. The zero-order valence-electron chi connectivity index (χ0n) is 18.3. The maximum absolute atomic E-state index is 13.6. The van der Waals surface area contributed by atoms with Gasteiger partial charge in [0.15, 0.2) is 0 Å². The van der Waals surface area contributed by atoms with Crippen molar-refractivity contribution in [1.82, 2.24) is 15.1 Å². The van der Waals surface area contributed by atoms with Crippen LogP contribution in [0, 0.1) is 0 Å². The van der Waals surface area contributed by atoms with E-state index >= 15 is 0 Å². The predicted octanol–water partition coefficient (Wildman–Crippen LogP) is 4.43.